The van der Waals surface area contributed by atoms with Crippen molar-refractivity contribution in [2.75, 3.05) is 0 Å². The van der Waals surface area contributed by atoms with Gasteiger partial charge in [0, 0.05) is 11.6 Å². The molecule has 1 spiro atoms. The Labute approximate surface area is 110 Å². The topological polar surface area (TPSA) is 35.5 Å². The zero-order valence-corrected chi connectivity index (χ0v) is 10.00. The molecule has 1 atom stereocenters. The highest BCUT2D eigenvalue weighted by Crippen LogP contribution is 2.43. The van der Waals surface area contributed by atoms with Gasteiger partial charge < -0.3 is 9.47 Å². The third kappa shape index (κ3) is 1.35. The van der Waals surface area contributed by atoms with Gasteiger partial charge in [-0.15, -0.1) is 0 Å². The molecule has 19 heavy (non-hydrogen) atoms. The molecule has 0 radical (unpaired) electrons. The molecule has 1 unspecified atom stereocenters. The van der Waals surface area contributed by atoms with E-state index in [-0.39, 0.29) is 5.97 Å². The molecular weight excluding hydrogens is 240 g/mol. The molecule has 0 N–H and O–H groups in total. The Morgan fingerprint density at radius 1 is 0.895 bits per heavy atom. The lowest BCUT2D eigenvalue weighted by molar-refractivity contribution is -0.103. The van der Waals surface area contributed by atoms with Crippen LogP contribution in [0.25, 0.3) is 6.08 Å². The van der Waals surface area contributed by atoms with Crippen molar-refractivity contribution in [3.8, 4) is 5.75 Å². The third-order valence-electron chi connectivity index (χ3n) is 3.43. The van der Waals surface area contributed by atoms with Gasteiger partial charge in [0.05, 0.1) is 11.1 Å². The predicted molar refractivity (Wildman–Crippen MR) is 69.6 cm³/mol. The van der Waals surface area contributed by atoms with E-state index < -0.39 is 5.79 Å². The molecule has 0 amide bonds. The minimum atomic E-state index is -1.11. The summed E-state index contributed by atoms with van der Waals surface area (Å²) in [6.07, 6.45) is 3.72. The number of hydrogen-bond donors (Lipinski definition) is 0. The average molecular weight is 250 g/mol. The van der Waals surface area contributed by atoms with Crippen molar-refractivity contribution in [3.63, 3.8) is 0 Å². The van der Waals surface area contributed by atoms with Crippen LogP contribution < -0.4 is 4.74 Å². The minimum absolute atomic E-state index is 0.348. The highest BCUT2D eigenvalue weighted by molar-refractivity contribution is 5.95. The molecule has 4 rings (SSSR count). The van der Waals surface area contributed by atoms with Gasteiger partial charge in [0.2, 0.25) is 0 Å². The molecule has 0 bridgehead atoms. The van der Waals surface area contributed by atoms with Gasteiger partial charge in [-0.25, -0.2) is 4.79 Å². The first-order valence-electron chi connectivity index (χ1n) is 6.09. The molecule has 0 aromatic heterocycles. The van der Waals surface area contributed by atoms with Gasteiger partial charge >= 0.3 is 11.8 Å². The van der Waals surface area contributed by atoms with Gasteiger partial charge in [0.15, 0.2) is 0 Å². The van der Waals surface area contributed by atoms with Gasteiger partial charge in [-0.2, -0.15) is 0 Å². The van der Waals surface area contributed by atoms with E-state index in [1.54, 1.807) is 12.1 Å². The third-order valence-corrected chi connectivity index (χ3v) is 3.43. The molecule has 0 fully saturated rings. The van der Waals surface area contributed by atoms with Gasteiger partial charge in [0.1, 0.15) is 5.75 Å². The standard InChI is InChI=1S/C16H10O3/c17-15-12-6-2-3-7-13(12)16(19-15)10-9-11-5-1-4-8-14(11)18-16/h1-10H. The monoisotopic (exact) mass is 250 g/mol. The minimum Gasteiger partial charge on any atom is -0.444 e. The number of ether oxygens (including phenoxy) is 2. The summed E-state index contributed by atoms with van der Waals surface area (Å²) in [6, 6.07) is 15.0. The largest absolute Gasteiger partial charge is 0.444 e. The Morgan fingerprint density at radius 3 is 2.63 bits per heavy atom. The molecule has 0 aliphatic carbocycles. The summed E-state index contributed by atoms with van der Waals surface area (Å²) < 4.78 is 11.4. The van der Waals surface area contributed by atoms with Gasteiger partial charge in [-0.1, -0.05) is 30.3 Å². The quantitative estimate of drug-likeness (QED) is 0.674. The zero-order chi connectivity index (χ0) is 12.9. The lowest BCUT2D eigenvalue weighted by Gasteiger charge is -2.30. The number of fused-ring (bicyclic) bond motifs is 3. The highest BCUT2D eigenvalue weighted by Gasteiger charge is 2.47. The predicted octanol–water partition coefficient (Wildman–Crippen LogP) is 3.12. The summed E-state index contributed by atoms with van der Waals surface area (Å²) in [6.45, 7) is 0. The fourth-order valence-corrected chi connectivity index (χ4v) is 2.52. The van der Waals surface area contributed by atoms with E-state index in [2.05, 4.69) is 0 Å². The Hall–Kier alpha value is -2.55. The average Bonchev–Trinajstić information content (AvgIpc) is 2.72. The Morgan fingerprint density at radius 2 is 1.68 bits per heavy atom. The van der Waals surface area contributed by atoms with Crippen LogP contribution in [-0.2, 0) is 10.5 Å². The maximum Gasteiger partial charge on any atom is 0.342 e. The number of carbonyl (C=O) groups is 1. The molecule has 0 saturated carbocycles. The SMILES string of the molecule is O=C1OC2(C=Cc3ccccc3O2)c2ccccc21. The summed E-state index contributed by atoms with van der Waals surface area (Å²) in [5.74, 6) is -0.740. The number of rotatable bonds is 0. The van der Waals surface area contributed by atoms with E-state index in [0.29, 0.717) is 5.56 Å². The summed E-state index contributed by atoms with van der Waals surface area (Å²) in [5, 5.41) is 0. The smallest absolute Gasteiger partial charge is 0.342 e. The zero-order valence-electron chi connectivity index (χ0n) is 10.00. The maximum absolute atomic E-state index is 11.9. The lowest BCUT2D eigenvalue weighted by atomic mass is 9.99. The van der Waals surface area contributed by atoms with Crippen LogP contribution in [0.15, 0.2) is 54.6 Å². The van der Waals surface area contributed by atoms with Gasteiger partial charge in [-0.3, -0.25) is 0 Å². The second kappa shape index (κ2) is 3.48. The van der Waals surface area contributed by atoms with Crippen LogP contribution in [-0.4, -0.2) is 5.97 Å². The Kier molecular flexibility index (Phi) is 1.90. The molecule has 2 aromatic carbocycles. The molecule has 92 valence electrons. The van der Waals surface area contributed by atoms with Crippen molar-refractivity contribution in [3.05, 3.63) is 71.3 Å². The highest BCUT2D eigenvalue weighted by atomic mass is 16.7. The number of hydrogen-bond acceptors (Lipinski definition) is 3. The van der Waals surface area contributed by atoms with Crippen LogP contribution in [0.3, 0.4) is 0 Å². The molecule has 2 aromatic rings. The van der Waals surface area contributed by atoms with Crippen LogP contribution in [0.2, 0.25) is 0 Å². The molecule has 0 saturated heterocycles. The summed E-state index contributed by atoms with van der Waals surface area (Å²) >= 11 is 0. The van der Waals surface area contributed by atoms with Crippen LogP contribution in [0.1, 0.15) is 21.5 Å². The van der Waals surface area contributed by atoms with Crippen molar-refractivity contribution in [2.45, 2.75) is 5.79 Å². The van der Waals surface area contributed by atoms with Crippen LogP contribution >= 0.6 is 0 Å². The Bertz CT molecular complexity index is 717. The molecule has 3 heteroatoms. The normalized spacial score (nSPS) is 22.6. The van der Waals surface area contributed by atoms with Crippen LogP contribution in [0.4, 0.5) is 0 Å². The summed E-state index contributed by atoms with van der Waals surface area (Å²) in [5.41, 5.74) is 2.30. The first-order chi connectivity index (χ1) is 9.28. The maximum atomic E-state index is 11.9. The molecule has 2 heterocycles. The second-order valence-corrected chi connectivity index (χ2v) is 4.58. The van der Waals surface area contributed by atoms with Crippen molar-refractivity contribution in [1.29, 1.82) is 0 Å². The van der Waals surface area contributed by atoms with E-state index in [1.165, 1.54) is 0 Å². The fraction of sp³-hybridized carbons (Fsp3) is 0.0625. The van der Waals surface area contributed by atoms with Crippen molar-refractivity contribution >= 4 is 12.0 Å². The number of benzene rings is 2. The van der Waals surface area contributed by atoms with Crippen molar-refractivity contribution in [1.82, 2.24) is 0 Å². The van der Waals surface area contributed by atoms with E-state index in [0.717, 1.165) is 16.9 Å². The molecule has 3 nitrogen and oxygen atoms in total. The lowest BCUT2D eigenvalue weighted by Crippen LogP contribution is -2.32. The van der Waals surface area contributed by atoms with Crippen molar-refractivity contribution in [2.24, 2.45) is 0 Å². The Balaban J connectivity index is 1.89. The number of carbonyl (C=O) groups excluding carboxylic acids is 1. The van der Waals surface area contributed by atoms with Crippen LogP contribution in [0, 0.1) is 0 Å². The first kappa shape index (κ1) is 10.4. The number of para-hydroxylation sites is 1. The fourth-order valence-electron chi connectivity index (χ4n) is 2.52. The first-order valence-corrected chi connectivity index (χ1v) is 6.09. The number of esters is 1. The van der Waals surface area contributed by atoms with Crippen LogP contribution in [0.5, 0.6) is 5.75 Å². The van der Waals surface area contributed by atoms with Gasteiger partial charge in [-0.05, 0) is 24.3 Å². The van der Waals surface area contributed by atoms with E-state index in [4.69, 9.17) is 9.47 Å². The molecule has 2 aliphatic rings. The second-order valence-electron chi connectivity index (χ2n) is 4.58. The summed E-state index contributed by atoms with van der Waals surface area (Å²) in [7, 11) is 0. The molecular formula is C16H10O3. The molecule has 2 aliphatic heterocycles. The van der Waals surface area contributed by atoms with Crippen molar-refractivity contribution < 1.29 is 14.3 Å². The van der Waals surface area contributed by atoms with Gasteiger partial charge in [0.25, 0.3) is 0 Å². The van der Waals surface area contributed by atoms with E-state index >= 15 is 0 Å². The van der Waals surface area contributed by atoms with E-state index in [9.17, 15) is 4.79 Å². The van der Waals surface area contributed by atoms with E-state index in [1.807, 2.05) is 48.5 Å². The summed E-state index contributed by atoms with van der Waals surface area (Å²) in [4.78, 5) is 11.9.